The van der Waals surface area contributed by atoms with E-state index in [0.29, 0.717) is 96.3 Å². The lowest BCUT2D eigenvalue weighted by Gasteiger charge is -2.21. The predicted octanol–water partition coefficient (Wildman–Crippen LogP) is 7.35. The fourth-order valence-corrected chi connectivity index (χ4v) is 10.1. The number of unbranched alkanes of at least 4 members (excludes halogenated alkanes) is 2. The lowest BCUT2D eigenvalue weighted by atomic mass is 10.0. The van der Waals surface area contributed by atoms with Gasteiger partial charge in [0.1, 0.15) is 11.8 Å². The number of methoxy groups -OCH3 is 2. The second kappa shape index (κ2) is 24.2. The minimum atomic E-state index is -0.851. The molecular weight excluding hydrogens is 1010 g/mol. The van der Waals surface area contributed by atoms with Crippen LogP contribution in [0.15, 0.2) is 95.2 Å². The number of nitrogens with one attached hydrogen (secondary N) is 3. The summed E-state index contributed by atoms with van der Waals surface area (Å²) in [4.78, 5) is 105. The summed E-state index contributed by atoms with van der Waals surface area (Å²) >= 11 is 0. The van der Waals surface area contributed by atoms with Crippen LogP contribution in [0.5, 0.6) is 28.7 Å². The molecule has 1 fully saturated rings. The molecule has 5 aliphatic heterocycles. The van der Waals surface area contributed by atoms with E-state index in [0.717, 1.165) is 22.3 Å². The third-order valence-electron chi connectivity index (χ3n) is 14.5. The van der Waals surface area contributed by atoms with Crippen LogP contribution in [0, 0.1) is 11.8 Å². The Morgan fingerprint density at radius 1 is 0.684 bits per heavy atom. The molecule has 0 bridgehead atoms. The second-order valence-electron chi connectivity index (χ2n) is 20.4. The topological polar surface area (TPSA) is 247 Å². The van der Waals surface area contributed by atoms with Gasteiger partial charge in [0.05, 0.1) is 68.6 Å². The van der Waals surface area contributed by atoms with Gasteiger partial charge in [-0.15, -0.1) is 0 Å². The zero-order valence-electron chi connectivity index (χ0n) is 44.8. The molecule has 3 unspecified atom stereocenters. The van der Waals surface area contributed by atoms with Crippen LogP contribution < -0.4 is 34.9 Å². The standard InChI is InChI=1S/C59H64N8O12/c1-34(2)55(64-52(69)10-7-6-8-19-65-54(71)22-35(3)57(65)73)56(72)62-31-53(70)63-40-15-11-36(12-16-40)38-23-41-29-60-46-27-50(48(76-4)25-44(46)58(74)66(41)32-38)78-20-9-21-79-51-28-47-45(26-49(51)77-5)59(75)67-33-39(24-42(67)30-61-47)37-13-17-43(68)18-14-37/h11-18,25-30,32-35,41-42,55,68H,6-10,19-24,31H2,1-5H3,(H,62,72)(H,63,70)(H,64,69)/t35?,41?,42-,55?/m0/s1. The Hall–Kier alpha value is -8.81. The van der Waals surface area contributed by atoms with Gasteiger partial charge in [-0.1, -0.05) is 51.5 Å². The number of phenols is 1. The van der Waals surface area contributed by atoms with Crippen molar-refractivity contribution in [3.8, 4) is 28.7 Å². The summed E-state index contributed by atoms with van der Waals surface area (Å²) in [7, 11) is 3.01. The Morgan fingerprint density at radius 3 is 1.73 bits per heavy atom. The largest absolute Gasteiger partial charge is 0.508 e. The number of phenolic OH excluding ortho intramolecular Hbond substituents is 1. The number of nitrogens with zero attached hydrogens (tertiary/aromatic N) is 5. The number of carbonyl (C=O) groups is 7. The highest BCUT2D eigenvalue weighted by atomic mass is 16.5. The van der Waals surface area contributed by atoms with Crippen LogP contribution in [0.3, 0.4) is 0 Å². The molecule has 4 atom stereocenters. The highest BCUT2D eigenvalue weighted by molar-refractivity contribution is 6.07. The summed E-state index contributed by atoms with van der Waals surface area (Å²) in [5.41, 5.74) is 5.75. The van der Waals surface area contributed by atoms with Gasteiger partial charge < -0.3 is 49.8 Å². The monoisotopic (exact) mass is 1080 g/mol. The number of anilines is 1. The van der Waals surface area contributed by atoms with Crippen molar-refractivity contribution >= 4 is 82.0 Å². The van der Waals surface area contributed by atoms with Crippen molar-refractivity contribution in [1.29, 1.82) is 0 Å². The van der Waals surface area contributed by atoms with Crippen LogP contribution in [0.2, 0.25) is 0 Å². The van der Waals surface area contributed by atoms with Gasteiger partial charge in [0.2, 0.25) is 29.5 Å². The Kier molecular flexibility index (Phi) is 16.9. The van der Waals surface area contributed by atoms with Crippen molar-refractivity contribution in [3.05, 3.63) is 107 Å². The molecule has 0 spiro atoms. The molecule has 1 saturated heterocycles. The fourth-order valence-electron chi connectivity index (χ4n) is 10.1. The number of ether oxygens (including phenoxy) is 4. The van der Waals surface area contributed by atoms with Crippen LogP contribution in [-0.2, 0) is 24.0 Å². The Balaban J connectivity index is 0.728. The van der Waals surface area contributed by atoms with Crippen LogP contribution in [-0.4, -0.2) is 132 Å². The molecule has 0 radical (unpaired) electrons. The number of imide groups is 1. The summed E-state index contributed by atoms with van der Waals surface area (Å²) in [6.07, 6.45) is 10.9. The summed E-state index contributed by atoms with van der Waals surface area (Å²) in [6.45, 7) is 5.85. The molecule has 0 aliphatic carbocycles. The minimum absolute atomic E-state index is 0.154. The van der Waals surface area contributed by atoms with Crippen molar-refractivity contribution in [2.24, 2.45) is 21.8 Å². The van der Waals surface area contributed by atoms with Crippen LogP contribution >= 0.6 is 0 Å². The van der Waals surface area contributed by atoms with Gasteiger partial charge in [-0.2, -0.15) is 0 Å². The van der Waals surface area contributed by atoms with Crippen molar-refractivity contribution < 1.29 is 57.6 Å². The molecule has 4 aromatic carbocycles. The van der Waals surface area contributed by atoms with Gasteiger partial charge in [0.15, 0.2) is 23.0 Å². The fraction of sp³-hybridized carbons (Fsp3) is 0.373. The minimum Gasteiger partial charge on any atom is -0.508 e. The first kappa shape index (κ1) is 55.0. The molecule has 20 nitrogen and oxygen atoms in total. The van der Waals surface area contributed by atoms with E-state index in [2.05, 4.69) is 20.9 Å². The summed E-state index contributed by atoms with van der Waals surface area (Å²) in [5.74, 6) is -0.816. The molecule has 4 N–H and O–H groups in total. The van der Waals surface area contributed by atoms with Gasteiger partial charge >= 0.3 is 0 Å². The number of hydrogen-bond acceptors (Lipinski definition) is 14. The highest BCUT2D eigenvalue weighted by Gasteiger charge is 2.37. The average molecular weight is 1080 g/mol. The van der Waals surface area contributed by atoms with Crippen molar-refractivity contribution in [3.63, 3.8) is 0 Å². The Morgan fingerprint density at radius 2 is 1.23 bits per heavy atom. The molecule has 5 heterocycles. The zero-order valence-corrected chi connectivity index (χ0v) is 44.8. The van der Waals surface area contributed by atoms with Crippen LogP contribution in [0.4, 0.5) is 17.1 Å². The number of carbonyl (C=O) groups excluding carboxylic acids is 7. The molecule has 9 rings (SSSR count). The maximum Gasteiger partial charge on any atom is 0.260 e. The molecule has 5 aliphatic rings. The number of likely N-dealkylation sites (tertiary alicyclic amines) is 1. The van der Waals surface area contributed by atoms with Gasteiger partial charge in [0.25, 0.3) is 11.8 Å². The maximum atomic E-state index is 14.1. The number of rotatable bonds is 22. The number of benzene rings is 4. The first-order chi connectivity index (χ1) is 38.1. The molecule has 79 heavy (non-hydrogen) atoms. The van der Waals surface area contributed by atoms with E-state index < -0.39 is 17.9 Å². The van der Waals surface area contributed by atoms with E-state index in [1.54, 1.807) is 97.7 Å². The second-order valence-corrected chi connectivity index (χ2v) is 20.4. The summed E-state index contributed by atoms with van der Waals surface area (Å²) in [6, 6.07) is 19.2. The lowest BCUT2D eigenvalue weighted by Crippen LogP contribution is -2.51. The summed E-state index contributed by atoms with van der Waals surface area (Å²) in [5, 5.41) is 17.9. The molecule has 0 saturated carbocycles. The first-order valence-corrected chi connectivity index (χ1v) is 26.5. The highest BCUT2D eigenvalue weighted by Crippen LogP contribution is 2.42. The lowest BCUT2D eigenvalue weighted by molar-refractivity contribution is -0.139. The van der Waals surface area contributed by atoms with Gasteiger partial charge in [-0.3, -0.25) is 48.4 Å². The first-order valence-electron chi connectivity index (χ1n) is 26.5. The SMILES string of the molecule is COc1cc2c(cc1OCCCOc1cc3c(cc1OC)C(=O)N1C=C(c4ccc(O)cc4)C[C@H]1C=N3)N=CC1CC(c3ccc(NC(=O)CNC(=O)C(NC(=O)CCCCCN4C(=O)CC(C)C4=O)C(C)C)cc3)=CN1C2=O. The number of aromatic hydroxyl groups is 1. The average Bonchev–Trinajstić information content (AvgIpc) is 4.12. The van der Waals surface area contributed by atoms with Crippen molar-refractivity contribution in [2.75, 3.05) is 45.8 Å². The smallest absolute Gasteiger partial charge is 0.260 e. The zero-order chi connectivity index (χ0) is 55.9. The van der Waals surface area contributed by atoms with E-state index in [1.165, 1.54) is 19.1 Å². The van der Waals surface area contributed by atoms with E-state index in [-0.39, 0.29) is 91.8 Å². The number of aliphatic imine (C=N–C) groups is 2. The molecule has 0 aromatic heterocycles. The molecule has 4 aromatic rings. The van der Waals surface area contributed by atoms with E-state index >= 15 is 0 Å². The third-order valence-corrected chi connectivity index (χ3v) is 14.5. The van der Waals surface area contributed by atoms with Crippen molar-refractivity contribution in [2.45, 2.75) is 90.3 Å². The van der Waals surface area contributed by atoms with E-state index in [1.807, 2.05) is 30.5 Å². The maximum absolute atomic E-state index is 14.1. The van der Waals surface area contributed by atoms with E-state index in [4.69, 9.17) is 23.9 Å². The van der Waals surface area contributed by atoms with Gasteiger partial charge in [0, 0.05) is 87.2 Å². The molecule has 412 valence electrons. The quantitative estimate of drug-likeness (QED) is 0.0446. The Bertz CT molecular complexity index is 3170. The van der Waals surface area contributed by atoms with Crippen LogP contribution in [0.1, 0.15) is 104 Å². The number of amides is 7. The van der Waals surface area contributed by atoms with Gasteiger partial charge in [-0.05, 0) is 77.4 Å². The normalized spacial score (nSPS) is 18.5. The van der Waals surface area contributed by atoms with E-state index in [9.17, 15) is 38.7 Å². The molecule has 20 heteroatoms. The summed E-state index contributed by atoms with van der Waals surface area (Å²) < 4.78 is 23.6. The molecular formula is C59H64N8O12. The Labute approximate surface area is 457 Å². The number of fused-ring (bicyclic) bond motifs is 4. The van der Waals surface area contributed by atoms with Crippen molar-refractivity contribution in [1.82, 2.24) is 25.3 Å². The predicted molar refractivity (Wildman–Crippen MR) is 295 cm³/mol. The van der Waals surface area contributed by atoms with Gasteiger partial charge in [-0.25, -0.2) is 0 Å². The molecule has 7 amide bonds. The number of hydrogen-bond donors (Lipinski definition) is 4. The van der Waals surface area contributed by atoms with Crippen LogP contribution in [0.25, 0.3) is 11.1 Å². The third kappa shape index (κ3) is 12.5.